The van der Waals surface area contributed by atoms with E-state index in [0.29, 0.717) is 32.2 Å². The van der Waals surface area contributed by atoms with Gasteiger partial charge in [0, 0.05) is 20.1 Å². The summed E-state index contributed by atoms with van der Waals surface area (Å²) in [6.45, 7) is 4.14. The average Bonchev–Trinajstić information content (AvgIpc) is 2.70. The number of aliphatic imine (C=N–C) groups is 1. The van der Waals surface area contributed by atoms with Gasteiger partial charge in [-0.15, -0.1) is 0 Å². The fraction of sp³-hybridized carbons (Fsp3) is 0.333. The molecule has 2 aromatic rings. The van der Waals surface area contributed by atoms with E-state index in [0.717, 1.165) is 11.3 Å². The number of guanidine groups is 1. The van der Waals surface area contributed by atoms with Crippen LogP contribution >= 0.6 is 0 Å². The van der Waals surface area contributed by atoms with E-state index >= 15 is 0 Å². The Balaban J connectivity index is 1.57. The number of nitrogens with one attached hydrogen (secondary N) is 3. The molecule has 0 aromatic heterocycles. The standard InChI is InChI=1S/C21H27FN4O2/c1-16-3-9-19(10-4-16)28-14-13-26-21(23-2)25-12-11-24-20(27)15-17-5-7-18(22)8-6-17/h3-10H,11-15H2,1-2H3,(H,24,27)(H2,23,25,26). The summed E-state index contributed by atoms with van der Waals surface area (Å²) in [5.74, 6) is 1.05. The number of benzene rings is 2. The Morgan fingerprint density at radius 2 is 1.61 bits per heavy atom. The smallest absolute Gasteiger partial charge is 0.224 e. The lowest BCUT2D eigenvalue weighted by Gasteiger charge is -2.13. The van der Waals surface area contributed by atoms with Crippen molar-refractivity contribution < 1.29 is 13.9 Å². The van der Waals surface area contributed by atoms with Crippen LogP contribution in [-0.2, 0) is 11.2 Å². The predicted molar refractivity (Wildman–Crippen MR) is 109 cm³/mol. The third-order valence-electron chi connectivity index (χ3n) is 3.93. The number of halogens is 1. The molecule has 7 heteroatoms. The molecule has 6 nitrogen and oxygen atoms in total. The van der Waals surface area contributed by atoms with Crippen molar-refractivity contribution in [1.82, 2.24) is 16.0 Å². The van der Waals surface area contributed by atoms with E-state index in [9.17, 15) is 9.18 Å². The number of ether oxygens (including phenoxy) is 1. The van der Waals surface area contributed by atoms with Crippen LogP contribution in [0.5, 0.6) is 5.75 Å². The molecule has 0 aliphatic heterocycles. The minimum absolute atomic E-state index is 0.108. The third-order valence-corrected chi connectivity index (χ3v) is 3.93. The highest BCUT2D eigenvalue weighted by Crippen LogP contribution is 2.10. The van der Waals surface area contributed by atoms with Crippen LogP contribution in [0, 0.1) is 12.7 Å². The van der Waals surface area contributed by atoms with Gasteiger partial charge in [-0.2, -0.15) is 0 Å². The van der Waals surface area contributed by atoms with E-state index in [1.54, 1.807) is 19.2 Å². The molecular formula is C21H27FN4O2. The molecular weight excluding hydrogens is 359 g/mol. The Hall–Kier alpha value is -3.09. The second-order valence-electron chi connectivity index (χ2n) is 6.24. The Morgan fingerprint density at radius 1 is 0.964 bits per heavy atom. The van der Waals surface area contributed by atoms with Crippen molar-refractivity contribution in [2.45, 2.75) is 13.3 Å². The average molecular weight is 386 g/mol. The molecule has 3 N–H and O–H groups in total. The quantitative estimate of drug-likeness (QED) is 0.350. The fourth-order valence-corrected chi connectivity index (χ4v) is 2.43. The van der Waals surface area contributed by atoms with E-state index in [1.165, 1.54) is 17.7 Å². The van der Waals surface area contributed by atoms with Crippen molar-refractivity contribution in [3.63, 3.8) is 0 Å². The molecule has 2 aromatic carbocycles. The lowest BCUT2D eigenvalue weighted by molar-refractivity contribution is -0.120. The highest BCUT2D eigenvalue weighted by molar-refractivity contribution is 5.80. The van der Waals surface area contributed by atoms with Crippen LogP contribution < -0.4 is 20.7 Å². The maximum atomic E-state index is 12.9. The van der Waals surface area contributed by atoms with Crippen molar-refractivity contribution in [2.75, 3.05) is 33.3 Å². The van der Waals surface area contributed by atoms with Crippen molar-refractivity contribution >= 4 is 11.9 Å². The maximum absolute atomic E-state index is 12.9. The summed E-state index contributed by atoms with van der Waals surface area (Å²) in [6.07, 6.45) is 0.226. The summed E-state index contributed by atoms with van der Waals surface area (Å²) in [7, 11) is 1.68. The first-order chi connectivity index (χ1) is 13.6. The topological polar surface area (TPSA) is 74.8 Å². The van der Waals surface area contributed by atoms with Crippen molar-refractivity contribution in [2.24, 2.45) is 4.99 Å². The van der Waals surface area contributed by atoms with Crippen LogP contribution in [-0.4, -0.2) is 45.2 Å². The third kappa shape index (κ3) is 8.07. The number of hydrogen-bond donors (Lipinski definition) is 3. The van der Waals surface area contributed by atoms with Crippen LogP contribution in [0.3, 0.4) is 0 Å². The Labute approximate surface area is 165 Å². The second-order valence-corrected chi connectivity index (χ2v) is 6.24. The molecule has 0 atom stereocenters. The number of hydrogen-bond acceptors (Lipinski definition) is 3. The van der Waals surface area contributed by atoms with Gasteiger partial charge in [0.2, 0.25) is 5.91 Å². The lowest BCUT2D eigenvalue weighted by atomic mass is 10.1. The predicted octanol–water partition coefficient (Wildman–Crippen LogP) is 2.04. The van der Waals surface area contributed by atoms with Gasteiger partial charge >= 0.3 is 0 Å². The maximum Gasteiger partial charge on any atom is 0.224 e. The Bertz CT molecular complexity index is 761. The monoisotopic (exact) mass is 386 g/mol. The largest absolute Gasteiger partial charge is 0.492 e. The minimum Gasteiger partial charge on any atom is -0.492 e. The van der Waals surface area contributed by atoms with Gasteiger partial charge in [-0.25, -0.2) is 4.39 Å². The number of nitrogens with zero attached hydrogens (tertiary/aromatic N) is 1. The number of carbonyl (C=O) groups excluding carboxylic acids is 1. The molecule has 0 spiro atoms. The van der Waals surface area contributed by atoms with Gasteiger partial charge in [0.25, 0.3) is 0 Å². The highest BCUT2D eigenvalue weighted by atomic mass is 19.1. The van der Waals surface area contributed by atoms with E-state index in [1.807, 2.05) is 31.2 Å². The Morgan fingerprint density at radius 3 is 2.29 bits per heavy atom. The zero-order chi connectivity index (χ0) is 20.2. The van der Waals surface area contributed by atoms with Crippen molar-refractivity contribution in [3.05, 3.63) is 65.5 Å². The minimum atomic E-state index is -0.309. The highest BCUT2D eigenvalue weighted by Gasteiger charge is 2.03. The van der Waals surface area contributed by atoms with Gasteiger partial charge in [0.1, 0.15) is 18.2 Å². The molecule has 1 amide bonds. The fourth-order valence-electron chi connectivity index (χ4n) is 2.43. The van der Waals surface area contributed by atoms with Crippen LogP contribution in [0.1, 0.15) is 11.1 Å². The van der Waals surface area contributed by atoms with Gasteiger partial charge in [0.05, 0.1) is 13.0 Å². The summed E-state index contributed by atoms with van der Waals surface area (Å²) in [5.41, 5.74) is 1.97. The molecule has 28 heavy (non-hydrogen) atoms. The number of rotatable bonds is 9. The van der Waals surface area contributed by atoms with Crippen LogP contribution in [0.25, 0.3) is 0 Å². The SMILES string of the molecule is CN=C(NCCNC(=O)Cc1ccc(F)cc1)NCCOc1ccc(C)cc1. The summed E-state index contributed by atoms with van der Waals surface area (Å²) < 4.78 is 18.5. The molecule has 0 unspecified atom stereocenters. The molecule has 0 aliphatic rings. The van der Waals surface area contributed by atoms with Gasteiger partial charge < -0.3 is 20.7 Å². The van der Waals surface area contributed by atoms with Gasteiger partial charge in [-0.05, 0) is 36.8 Å². The first kappa shape index (κ1) is 21.2. The molecule has 0 aliphatic carbocycles. The van der Waals surface area contributed by atoms with E-state index < -0.39 is 0 Å². The molecule has 0 saturated carbocycles. The molecule has 2 rings (SSSR count). The Kier molecular flexibility index (Phi) is 8.78. The van der Waals surface area contributed by atoms with E-state index in [-0.39, 0.29) is 18.1 Å². The number of amides is 1. The van der Waals surface area contributed by atoms with Crippen LogP contribution in [0.15, 0.2) is 53.5 Å². The molecule has 0 heterocycles. The second kappa shape index (κ2) is 11.6. The van der Waals surface area contributed by atoms with Gasteiger partial charge in [0.15, 0.2) is 5.96 Å². The van der Waals surface area contributed by atoms with Gasteiger partial charge in [-0.1, -0.05) is 29.8 Å². The first-order valence-corrected chi connectivity index (χ1v) is 9.22. The van der Waals surface area contributed by atoms with E-state index in [4.69, 9.17) is 4.74 Å². The molecule has 0 bridgehead atoms. The normalized spacial score (nSPS) is 11.0. The summed E-state index contributed by atoms with van der Waals surface area (Å²) >= 11 is 0. The molecule has 0 fully saturated rings. The summed E-state index contributed by atoms with van der Waals surface area (Å²) in [5, 5.41) is 9.09. The number of carbonyl (C=O) groups is 1. The van der Waals surface area contributed by atoms with Crippen molar-refractivity contribution in [1.29, 1.82) is 0 Å². The lowest BCUT2D eigenvalue weighted by Crippen LogP contribution is -2.42. The van der Waals surface area contributed by atoms with Crippen molar-refractivity contribution in [3.8, 4) is 5.75 Å². The molecule has 0 saturated heterocycles. The molecule has 150 valence electrons. The summed E-state index contributed by atoms with van der Waals surface area (Å²) in [4.78, 5) is 16.0. The molecule has 0 radical (unpaired) electrons. The summed E-state index contributed by atoms with van der Waals surface area (Å²) in [6, 6.07) is 13.8. The van der Waals surface area contributed by atoms with E-state index in [2.05, 4.69) is 20.9 Å². The zero-order valence-electron chi connectivity index (χ0n) is 16.3. The first-order valence-electron chi connectivity index (χ1n) is 9.22. The van der Waals surface area contributed by atoms with Crippen LogP contribution in [0.2, 0.25) is 0 Å². The van der Waals surface area contributed by atoms with Crippen LogP contribution in [0.4, 0.5) is 4.39 Å². The zero-order valence-corrected chi connectivity index (χ0v) is 16.3. The van der Waals surface area contributed by atoms with Gasteiger partial charge in [-0.3, -0.25) is 9.79 Å². The number of aryl methyl sites for hydroxylation is 1.